The fourth-order valence-corrected chi connectivity index (χ4v) is 3.27. The van der Waals surface area contributed by atoms with E-state index in [4.69, 9.17) is 4.74 Å². The lowest BCUT2D eigenvalue weighted by molar-refractivity contribution is -0.133. The van der Waals surface area contributed by atoms with Gasteiger partial charge < -0.3 is 9.64 Å². The molecule has 1 heterocycles. The first-order chi connectivity index (χ1) is 13.4. The smallest absolute Gasteiger partial charge is 0.340 e. The third kappa shape index (κ3) is 4.03. The molecule has 1 amide bonds. The number of benzene rings is 2. The number of carbonyl (C=O) groups is 2. The molecular formula is C23H24N2O3. The molecule has 0 saturated heterocycles. The zero-order valence-corrected chi connectivity index (χ0v) is 16.7. The molecule has 0 bridgehead atoms. The topological polar surface area (TPSA) is 59.5 Å². The predicted octanol–water partition coefficient (Wildman–Crippen LogP) is 3.98. The largest absolute Gasteiger partial charge is 0.452 e. The van der Waals surface area contributed by atoms with E-state index in [9.17, 15) is 9.59 Å². The Bertz CT molecular complexity index is 1040. The quantitative estimate of drug-likeness (QED) is 0.632. The van der Waals surface area contributed by atoms with Gasteiger partial charge in [0.15, 0.2) is 6.61 Å². The number of carbonyl (C=O) groups excluding carboxylic acids is 2. The minimum atomic E-state index is -0.522. The third-order valence-corrected chi connectivity index (χ3v) is 4.96. The molecule has 0 atom stereocenters. The van der Waals surface area contributed by atoms with Gasteiger partial charge in [-0.25, -0.2) is 4.79 Å². The highest BCUT2D eigenvalue weighted by molar-refractivity contribution is 5.99. The maximum absolute atomic E-state index is 12.6. The number of para-hydroxylation sites is 1. The number of likely N-dealkylation sites (N-methyl/N-ethyl adjacent to an activating group) is 1. The van der Waals surface area contributed by atoms with Gasteiger partial charge in [0, 0.05) is 19.0 Å². The first-order valence-electron chi connectivity index (χ1n) is 9.20. The molecular weight excluding hydrogens is 352 g/mol. The monoisotopic (exact) mass is 376 g/mol. The lowest BCUT2D eigenvalue weighted by atomic mass is 10.0. The van der Waals surface area contributed by atoms with Crippen LogP contribution in [-0.4, -0.2) is 35.4 Å². The van der Waals surface area contributed by atoms with E-state index in [1.54, 1.807) is 18.9 Å². The average Bonchev–Trinajstić information content (AvgIpc) is 2.67. The van der Waals surface area contributed by atoms with Gasteiger partial charge in [-0.15, -0.1) is 0 Å². The molecule has 2 aromatic carbocycles. The summed E-state index contributed by atoms with van der Waals surface area (Å²) >= 11 is 0. The van der Waals surface area contributed by atoms with Crippen LogP contribution >= 0.6 is 0 Å². The number of esters is 1. The van der Waals surface area contributed by atoms with Crippen molar-refractivity contribution in [2.75, 3.05) is 13.7 Å². The Labute approximate surface area is 165 Å². The van der Waals surface area contributed by atoms with E-state index in [2.05, 4.69) is 4.98 Å². The number of hydrogen-bond acceptors (Lipinski definition) is 4. The number of pyridine rings is 1. The van der Waals surface area contributed by atoms with Gasteiger partial charge in [0.05, 0.1) is 16.8 Å². The molecule has 5 nitrogen and oxygen atoms in total. The standard InChI is InChI=1S/C23H24N2O3/c1-15-9-5-6-10-18(15)13-25(4)21(26)14-28-23(27)22-16(2)19-11-7-8-12-20(19)24-17(22)3/h5-12H,13-14H2,1-4H3. The summed E-state index contributed by atoms with van der Waals surface area (Å²) in [5.74, 6) is -0.772. The van der Waals surface area contributed by atoms with Gasteiger partial charge in [0.2, 0.25) is 0 Å². The Kier molecular flexibility index (Phi) is 5.73. The van der Waals surface area contributed by atoms with Gasteiger partial charge in [-0.3, -0.25) is 9.78 Å². The Balaban J connectivity index is 1.69. The molecule has 0 aliphatic rings. The van der Waals surface area contributed by atoms with Gasteiger partial charge >= 0.3 is 5.97 Å². The van der Waals surface area contributed by atoms with Gasteiger partial charge in [-0.1, -0.05) is 42.5 Å². The van der Waals surface area contributed by atoms with E-state index in [-0.39, 0.29) is 12.5 Å². The zero-order chi connectivity index (χ0) is 20.3. The van der Waals surface area contributed by atoms with Gasteiger partial charge in [0.1, 0.15) is 0 Å². The molecule has 3 rings (SSSR count). The number of fused-ring (bicyclic) bond motifs is 1. The average molecular weight is 376 g/mol. The van der Waals surface area contributed by atoms with Crippen LogP contribution in [0.2, 0.25) is 0 Å². The van der Waals surface area contributed by atoms with Crippen LogP contribution in [0.15, 0.2) is 48.5 Å². The number of hydrogen-bond donors (Lipinski definition) is 0. The summed E-state index contributed by atoms with van der Waals surface area (Å²) < 4.78 is 5.32. The van der Waals surface area contributed by atoms with Crippen LogP contribution in [0.25, 0.3) is 10.9 Å². The highest BCUT2D eigenvalue weighted by Gasteiger charge is 2.20. The van der Waals surface area contributed by atoms with Crippen molar-refractivity contribution >= 4 is 22.8 Å². The number of amides is 1. The number of ether oxygens (including phenoxy) is 1. The van der Waals surface area contributed by atoms with Crippen LogP contribution < -0.4 is 0 Å². The second-order valence-electron chi connectivity index (χ2n) is 6.97. The third-order valence-electron chi connectivity index (χ3n) is 4.96. The number of rotatable bonds is 5. The summed E-state index contributed by atoms with van der Waals surface area (Å²) in [5, 5.41) is 0.906. The molecule has 0 spiro atoms. The molecule has 144 valence electrons. The molecule has 0 saturated carbocycles. The minimum absolute atomic E-state index is 0.249. The molecule has 0 fully saturated rings. The van der Waals surface area contributed by atoms with E-state index in [0.29, 0.717) is 17.8 Å². The lowest BCUT2D eigenvalue weighted by Crippen LogP contribution is -2.31. The summed E-state index contributed by atoms with van der Waals surface area (Å²) in [7, 11) is 1.71. The van der Waals surface area contributed by atoms with Crippen molar-refractivity contribution < 1.29 is 14.3 Å². The molecule has 28 heavy (non-hydrogen) atoms. The molecule has 0 aliphatic carbocycles. The molecule has 3 aromatic rings. The van der Waals surface area contributed by atoms with Crippen molar-refractivity contribution in [3.8, 4) is 0 Å². The van der Waals surface area contributed by atoms with Crippen LogP contribution in [0.3, 0.4) is 0 Å². The summed E-state index contributed by atoms with van der Waals surface area (Å²) in [5.41, 5.74) is 4.86. The summed E-state index contributed by atoms with van der Waals surface area (Å²) in [6.07, 6.45) is 0. The van der Waals surface area contributed by atoms with E-state index in [1.807, 2.05) is 62.4 Å². The van der Waals surface area contributed by atoms with Crippen LogP contribution in [-0.2, 0) is 16.1 Å². The van der Waals surface area contributed by atoms with Crippen LogP contribution in [0.1, 0.15) is 32.7 Å². The second-order valence-corrected chi connectivity index (χ2v) is 6.97. The van der Waals surface area contributed by atoms with E-state index in [1.165, 1.54) is 0 Å². The fourth-order valence-electron chi connectivity index (χ4n) is 3.27. The molecule has 0 N–H and O–H groups in total. The molecule has 5 heteroatoms. The molecule has 0 radical (unpaired) electrons. The molecule has 1 aromatic heterocycles. The first kappa shape index (κ1) is 19.5. The van der Waals surface area contributed by atoms with Crippen LogP contribution in [0, 0.1) is 20.8 Å². The molecule has 0 aliphatic heterocycles. The van der Waals surface area contributed by atoms with Crippen molar-refractivity contribution in [1.82, 2.24) is 9.88 Å². The normalized spacial score (nSPS) is 10.7. The summed E-state index contributed by atoms with van der Waals surface area (Å²) in [6, 6.07) is 15.6. The van der Waals surface area contributed by atoms with E-state index < -0.39 is 5.97 Å². The van der Waals surface area contributed by atoms with Crippen LogP contribution in [0.4, 0.5) is 0 Å². The van der Waals surface area contributed by atoms with Crippen molar-refractivity contribution in [2.24, 2.45) is 0 Å². The molecule has 0 unspecified atom stereocenters. The van der Waals surface area contributed by atoms with Crippen molar-refractivity contribution in [3.05, 3.63) is 76.5 Å². The van der Waals surface area contributed by atoms with Crippen LogP contribution in [0.5, 0.6) is 0 Å². The maximum Gasteiger partial charge on any atom is 0.340 e. The van der Waals surface area contributed by atoms with Gasteiger partial charge in [0.25, 0.3) is 5.91 Å². The fraction of sp³-hybridized carbons (Fsp3) is 0.261. The maximum atomic E-state index is 12.6. The summed E-state index contributed by atoms with van der Waals surface area (Å²) in [6.45, 7) is 5.83. The zero-order valence-electron chi connectivity index (χ0n) is 16.7. The Hall–Kier alpha value is -3.21. The van der Waals surface area contributed by atoms with E-state index >= 15 is 0 Å². The Morgan fingerprint density at radius 3 is 2.43 bits per heavy atom. The highest BCUT2D eigenvalue weighted by Crippen LogP contribution is 2.23. The van der Waals surface area contributed by atoms with Crippen molar-refractivity contribution in [3.63, 3.8) is 0 Å². The van der Waals surface area contributed by atoms with Gasteiger partial charge in [-0.05, 0) is 43.5 Å². The second kappa shape index (κ2) is 8.21. The number of nitrogens with zero attached hydrogens (tertiary/aromatic N) is 2. The van der Waals surface area contributed by atoms with Crippen molar-refractivity contribution in [2.45, 2.75) is 27.3 Å². The Morgan fingerprint density at radius 1 is 1.00 bits per heavy atom. The minimum Gasteiger partial charge on any atom is -0.452 e. The summed E-state index contributed by atoms with van der Waals surface area (Å²) in [4.78, 5) is 31.1. The number of aromatic nitrogens is 1. The van der Waals surface area contributed by atoms with Gasteiger partial charge in [-0.2, -0.15) is 0 Å². The first-order valence-corrected chi connectivity index (χ1v) is 9.20. The predicted molar refractivity (Wildman–Crippen MR) is 109 cm³/mol. The number of aryl methyl sites for hydroxylation is 3. The van der Waals surface area contributed by atoms with E-state index in [0.717, 1.165) is 27.6 Å². The Morgan fingerprint density at radius 2 is 1.68 bits per heavy atom. The highest BCUT2D eigenvalue weighted by atomic mass is 16.5. The van der Waals surface area contributed by atoms with Crippen molar-refractivity contribution in [1.29, 1.82) is 0 Å². The lowest BCUT2D eigenvalue weighted by Gasteiger charge is -2.19. The SMILES string of the molecule is Cc1ccccc1CN(C)C(=O)COC(=O)c1c(C)nc2ccccc2c1C.